The summed E-state index contributed by atoms with van der Waals surface area (Å²) in [5.74, 6) is -1.93. The molecule has 0 saturated carbocycles. The fourth-order valence-corrected chi connectivity index (χ4v) is 3.40. The maximum atomic E-state index is 11.9. The van der Waals surface area contributed by atoms with Gasteiger partial charge in [-0.25, -0.2) is 0 Å². The van der Waals surface area contributed by atoms with Crippen LogP contribution in [0.2, 0.25) is 0 Å². The minimum Gasteiger partial charge on any atom is -0.463 e. The Morgan fingerprint density at radius 1 is 0.935 bits per heavy atom. The molecule has 0 bridgehead atoms. The molecule has 1 aromatic carbocycles. The molecule has 0 aliphatic carbocycles. The summed E-state index contributed by atoms with van der Waals surface area (Å²) in [4.78, 5) is 46.7. The van der Waals surface area contributed by atoms with Gasteiger partial charge in [-0.3, -0.25) is 19.2 Å². The van der Waals surface area contributed by atoms with E-state index in [4.69, 9.17) is 23.7 Å². The van der Waals surface area contributed by atoms with Crippen molar-refractivity contribution in [2.24, 2.45) is 0 Å². The van der Waals surface area contributed by atoms with Crippen LogP contribution < -0.4 is 10.1 Å². The Labute approximate surface area is 193 Å². The molecule has 1 fully saturated rings. The predicted octanol–water partition coefficient (Wildman–Crippen LogP) is 1.33. The normalized spacial score (nSPS) is 25.1. The lowest BCUT2D eigenvalue weighted by molar-refractivity contribution is -0.257. The van der Waals surface area contributed by atoms with Crippen molar-refractivity contribution in [1.29, 1.82) is 0 Å². The zero-order chi connectivity index (χ0) is 23.1. The van der Waals surface area contributed by atoms with Gasteiger partial charge in [0.15, 0.2) is 12.2 Å². The maximum absolute atomic E-state index is 11.9. The number of carbonyl (C=O) groups is 4. The number of hydrogen-bond acceptors (Lipinski definition) is 9. The molecular formula is C20H24INO9. The molecule has 2 rings (SSSR count). The van der Waals surface area contributed by atoms with E-state index in [1.54, 1.807) is 12.1 Å². The van der Waals surface area contributed by atoms with Crippen LogP contribution in [0.15, 0.2) is 24.3 Å². The highest BCUT2D eigenvalue weighted by Crippen LogP contribution is 2.29. The zero-order valence-electron chi connectivity index (χ0n) is 17.5. The number of rotatable bonds is 7. The molecule has 0 unspecified atom stereocenters. The number of halogens is 1. The molecule has 5 atom stereocenters. The molecule has 0 spiro atoms. The largest absolute Gasteiger partial charge is 0.463 e. The number of esters is 3. The van der Waals surface area contributed by atoms with Gasteiger partial charge in [0.1, 0.15) is 24.5 Å². The van der Waals surface area contributed by atoms with Crippen LogP contribution in [0.3, 0.4) is 0 Å². The number of ether oxygens (including phenoxy) is 5. The van der Waals surface area contributed by atoms with Crippen LogP contribution in [0.1, 0.15) is 27.7 Å². The minimum atomic E-state index is -1.16. The van der Waals surface area contributed by atoms with E-state index in [0.29, 0.717) is 5.75 Å². The summed E-state index contributed by atoms with van der Waals surface area (Å²) in [6.45, 7) is 4.56. The van der Waals surface area contributed by atoms with Gasteiger partial charge in [0.05, 0.1) is 0 Å². The van der Waals surface area contributed by atoms with Gasteiger partial charge in [0, 0.05) is 31.3 Å². The fourth-order valence-electron chi connectivity index (χ4n) is 3.04. The van der Waals surface area contributed by atoms with E-state index in [0.717, 1.165) is 3.57 Å². The van der Waals surface area contributed by atoms with Gasteiger partial charge < -0.3 is 29.0 Å². The zero-order valence-corrected chi connectivity index (χ0v) is 19.6. The molecule has 1 amide bonds. The van der Waals surface area contributed by atoms with Gasteiger partial charge in [-0.15, -0.1) is 0 Å². The van der Waals surface area contributed by atoms with Crippen molar-refractivity contribution in [2.75, 3.05) is 6.61 Å². The molecule has 170 valence electrons. The summed E-state index contributed by atoms with van der Waals surface area (Å²) in [6.07, 6.45) is -4.47. The van der Waals surface area contributed by atoms with Crippen molar-refractivity contribution in [3.63, 3.8) is 0 Å². The highest BCUT2D eigenvalue weighted by atomic mass is 127. The molecule has 31 heavy (non-hydrogen) atoms. The molecule has 1 aromatic rings. The first kappa shape index (κ1) is 24.9. The quantitative estimate of drug-likeness (QED) is 0.305. The van der Waals surface area contributed by atoms with Crippen LogP contribution in [0.5, 0.6) is 5.75 Å². The molecule has 1 saturated heterocycles. The highest BCUT2D eigenvalue weighted by Gasteiger charge is 2.51. The lowest BCUT2D eigenvalue weighted by Crippen LogP contribution is -2.67. The summed E-state index contributed by atoms with van der Waals surface area (Å²) in [6, 6.07) is 6.02. The maximum Gasteiger partial charge on any atom is 0.303 e. The first-order chi connectivity index (χ1) is 14.6. The third-order valence-corrected chi connectivity index (χ3v) is 4.86. The Bertz CT molecular complexity index is 813. The standard InChI is InChI=1S/C20H24INO9/c1-10(23)22-17-19(29-13(4)26)18(28-12(3)25)16(9-27-11(2)24)31-20(17)30-15-7-5-14(21)6-8-15/h5-8,16-20H,9H2,1-4H3,(H,22,23)/t16-,17-,18-,19-,20-/m0/s1. The molecular weight excluding hydrogens is 525 g/mol. The van der Waals surface area contributed by atoms with E-state index in [1.807, 2.05) is 12.1 Å². The second kappa shape index (κ2) is 11.3. The SMILES string of the molecule is CC(=O)N[C@@H]1[C@@H](Oc2ccc(I)cc2)O[C@@H](COC(C)=O)[C@H](OC(C)=O)[C@H]1OC(C)=O. The number of hydrogen-bond donors (Lipinski definition) is 1. The average molecular weight is 549 g/mol. The Balaban J connectivity index is 2.43. The fraction of sp³-hybridized carbons (Fsp3) is 0.500. The van der Waals surface area contributed by atoms with Crippen molar-refractivity contribution >= 4 is 46.4 Å². The van der Waals surface area contributed by atoms with Crippen LogP contribution in [0.4, 0.5) is 0 Å². The molecule has 11 heteroatoms. The summed E-state index contributed by atoms with van der Waals surface area (Å²) in [7, 11) is 0. The summed E-state index contributed by atoms with van der Waals surface area (Å²) >= 11 is 2.14. The van der Waals surface area contributed by atoms with Crippen LogP contribution in [-0.4, -0.2) is 61.1 Å². The smallest absolute Gasteiger partial charge is 0.303 e. The molecule has 10 nitrogen and oxygen atoms in total. The third kappa shape index (κ3) is 7.65. The predicted molar refractivity (Wildman–Crippen MR) is 114 cm³/mol. The van der Waals surface area contributed by atoms with Gasteiger partial charge in [-0.1, -0.05) is 0 Å². The average Bonchev–Trinajstić information content (AvgIpc) is 2.65. The second-order valence-electron chi connectivity index (χ2n) is 6.79. The second-order valence-corrected chi connectivity index (χ2v) is 8.04. The molecule has 1 aliphatic rings. The summed E-state index contributed by atoms with van der Waals surface area (Å²) in [5.41, 5.74) is 0. The first-order valence-electron chi connectivity index (χ1n) is 9.39. The molecule has 1 heterocycles. The van der Waals surface area contributed by atoms with Gasteiger partial charge >= 0.3 is 17.9 Å². The number of amides is 1. The van der Waals surface area contributed by atoms with Crippen LogP contribution >= 0.6 is 22.6 Å². The van der Waals surface area contributed by atoms with Crippen molar-refractivity contribution in [3.8, 4) is 5.75 Å². The topological polar surface area (TPSA) is 126 Å². The Hall–Kier alpha value is -2.41. The lowest BCUT2D eigenvalue weighted by Gasteiger charge is -2.44. The minimum absolute atomic E-state index is 0.287. The van der Waals surface area contributed by atoms with Crippen LogP contribution in [-0.2, 0) is 38.1 Å². The lowest BCUT2D eigenvalue weighted by atomic mass is 9.96. The van der Waals surface area contributed by atoms with Gasteiger partial charge in [0.25, 0.3) is 0 Å². The Morgan fingerprint density at radius 2 is 1.52 bits per heavy atom. The summed E-state index contributed by atoms with van der Waals surface area (Å²) in [5, 5.41) is 2.64. The van der Waals surface area contributed by atoms with E-state index >= 15 is 0 Å². The van der Waals surface area contributed by atoms with Crippen LogP contribution in [0.25, 0.3) is 0 Å². The van der Waals surface area contributed by atoms with Crippen molar-refractivity contribution in [2.45, 2.75) is 58.3 Å². The third-order valence-electron chi connectivity index (χ3n) is 4.14. The summed E-state index contributed by atoms with van der Waals surface area (Å²) < 4.78 is 28.6. The highest BCUT2D eigenvalue weighted by molar-refractivity contribution is 14.1. The molecule has 1 aliphatic heterocycles. The van der Waals surface area contributed by atoms with Crippen molar-refractivity contribution in [1.82, 2.24) is 5.32 Å². The van der Waals surface area contributed by atoms with Crippen molar-refractivity contribution in [3.05, 3.63) is 27.8 Å². The monoisotopic (exact) mass is 549 g/mol. The van der Waals surface area contributed by atoms with Gasteiger partial charge in [-0.2, -0.15) is 0 Å². The van der Waals surface area contributed by atoms with E-state index in [-0.39, 0.29) is 6.61 Å². The van der Waals surface area contributed by atoms with Crippen LogP contribution in [0, 0.1) is 3.57 Å². The Kier molecular flexibility index (Phi) is 9.04. The van der Waals surface area contributed by atoms with E-state index in [2.05, 4.69) is 27.9 Å². The van der Waals surface area contributed by atoms with E-state index < -0.39 is 54.5 Å². The molecule has 0 radical (unpaired) electrons. The molecule has 0 aromatic heterocycles. The van der Waals surface area contributed by atoms with Gasteiger partial charge in [-0.05, 0) is 46.9 Å². The first-order valence-corrected chi connectivity index (χ1v) is 10.5. The number of nitrogens with one attached hydrogen (secondary N) is 1. The number of carbonyl (C=O) groups excluding carboxylic acids is 4. The Morgan fingerprint density at radius 3 is 2.03 bits per heavy atom. The number of benzene rings is 1. The van der Waals surface area contributed by atoms with Gasteiger partial charge in [0.2, 0.25) is 12.2 Å². The van der Waals surface area contributed by atoms with E-state index in [1.165, 1.54) is 27.7 Å². The van der Waals surface area contributed by atoms with Crippen molar-refractivity contribution < 1.29 is 42.9 Å². The molecule has 1 N–H and O–H groups in total. The van der Waals surface area contributed by atoms with E-state index in [9.17, 15) is 19.2 Å².